The quantitative estimate of drug-likeness (QED) is 0.344. The maximum absolute atomic E-state index is 12.3. The van der Waals surface area contributed by atoms with Crippen LogP contribution < -0.4 is 10.1 Å². The molecule has 2 rings (SSSR count). The second kappa shape index (κ2) is 11.8. The first kappa shape index (κ1) is 25.6. The zero-order valence-electron chi connectivity index (χ0n) is 19.6. The van der Waals surface area contributed by atoms with Crippen molar-refractivity contribution in [1.82, 2.24) is 10.2 Å². The molecule has 0 bridgehead atoms. The van der Waals surface area contributed by atoms with E-state index in [1.807, 2.05) is 12.1 Å². The average molecular weight is 445 g/mol. The Hall–Kier alpha value is -2.67. The number of aliphatic carboxylic acids is 1. The first-order valence-electron chi connectivity index (χ1n) is 11.4. The van der Waals surface area contributed by atoms with Gasteiger partial charge in [0.25, 0.3) is 0 Å². The zero-order valence-corrected chi connectivity index (χ0v) is 19.6. The van der Waals surface area contributed by atoms with E-state index in [9.17, 15) is 14.4 Å². The number of esters is 1. The summed E-state index contributed by atoms with van der Waals surface area (Å²) in [6.45, 7) is 7.71. The van der Waals surface area contributed by atoms with Gasteiger partial charge in [0.05, 0.1) is 6.42 Å². The molecule has 1 unspecified atom stereocenters. The Kier molecular flexibility index (Phi) is 9.44. The van der Waals surface area contributed by atoms with Crippen molar-refractivity contribution in [3.63, 3.8) is 0 Å². The van der Waals surface area contributed by atoms with Crippen LogP contribution >= 0.6 is 0 Å². The number of amides is 1. The van der Waals surface area contributed by atoms with E-state index in [1.165, 1.54) is 30.6 Å². The molecule has 0 aromatic heterocycles. The van der Waals surface area contributed by atoms with Crippen LogP contribution in [0.1, 0.15) is 58.4 Å². The van der Waals surface area contributed by atoms with Crippen LogP contribution in [0.4, 0.5) is 0 Å². The molecule has 1 heterocycles. The van der Waals surface area contributed by atoms with Crippen molar-refractivity contribution in [2.75, 3.05) is 20.1 Å². The molecule has 1 saturated heterocycles. The number of nitrogens with zero attached hydrogens (tertiary/aromatic N) is 1. The minimum Gasteiger partial charge on any atom is -0.480 e. The molecule has 176 valence electrons. The minimum atomic E-state index is -1.09. The molecule has 1 aromatic rings. The molecule has 7 heteroatoms. The number of carboxylic acid groups (broad SMARTS) is 1. The Morgan fingerprint density at radius 1 is 1.28 bits per heavy atom. The van der Waals surface area contributed by atoms with Gasteiger partial charge in [0.15, 0.2) is 0 Å². The molecule has 1 aliphatic heterocycles. The number of nitrogens with one attached hydrogen (secondary N) is 1. The molecule has 0 saturated carbocycles. The highest BCUT2D eigenvalue weighted by Crippen LogP contribution is 2.37. The van der Waals surface area contributed by atoms with E-state index >= 15 is 0 Å². The summed E-state index contributed by atoms with van der Waals surface area (Å²) < 4.78 is 5.50. The number of hydrogen-bond acceptors (Lipinski definition) is 5. The second-order valence-electron chi connectivity index (χ2n) is 9.01. The van der Waals surface area contributed by atoms with Gasteiger partial charge >= 0.3 is 11.9 Å². The Morgan fingerprint density at radius 3 is 2.69 bits per heavy atom. The lowest BCUT2D eigenvalue weighted by Crippen LogP contribution is -2.43. The van der Waals surface area contributed by atoms with E-state index in [2.05, 4.69) is 30.3 Å². The van der Waals surface area contributed by atoms with Gasteiger partial charge in [-0.3, -0.25) is 9.59 Å². The van der Waals surface area contributed by atoms with E-state index in [-0.39, 0.29) is 17.8 Å². The molecule has 1 amide bonds. The lowest BCUT2D eigenvalue weighted by atomic mass is 9.74. The second-order valence-corrected chi connectivity index (χ2v) is 9.01. The van der Waals surface area contributed by atoms with E-state index in [1.54, 1.807) is 19.9 Å². The fraction of sp³-hybridized carbons (Fsp3) is 0.560. The molecule has 1 fully saturated rings. The first-order valence-corrected chi connectivity index (χ1v) is 11.4. The molecule has 32 heavy (non-hydrogen) atoms. The summed E-state index contributed by atoms with van der Waals surface area (Å²) in [5, 5.41) is 11.6. The highest BCUT2D eigenvalue weighted by molar-refractivity contribution is 5.91. The molecule has 7 nitrogen and oxygen atoms in total. The standard InChI is InChI=1S/C25H36N2O5/c1-5-25(14-6-7-15-27(4)17-25)19-10-8-11-20(16-19)32-22(29)13-9-12-21(28)26-23(18(2)3)24(30)31/h8-12,16,18,23H,5-7,13-15,17H2,1-4H3,(H,26,28)(H,30,31)/b12-9+/t23-,25?/m0/s1. The van der Waals surface area contributed by atoms with Crippen molar-refractivity contribution >= 4 is 17.8 Å². The van der Waals surface area contributed by atoms with Gasteiger partial charge in [-0.1, -0.05) is 45.4 Å². The third-order valence-electron chi connectivity index (χ3n) is 6.16. The molecule has 0 radical (unpaired) electrons. The summed E-state index contributed by atoms with van der Waals surface area (Å²) in [6.07, 6.45) is 6.96. The Bertz CT molecular complexity index is 835. The number of carbonyl (C=O) groups is 3. The zero-order chi connectivity index (χ0) is 23.7. The Labute approximate surface area is 190 Å². The highest BCUT2D eigenvalue weighted by atomic mass is 16.5. The van der Waals surface area contributed by atoms with Gasteiger partial charge in [0.1, 0.15) is 11.8 Å². The van der Waals surface area contributed by atoms with Crippen LogP contribution in [0, 0.1) is 5.92 Å². The van der Waals surface area contributed by atoms with E-state index < -0.39 is 23.9 Å². The molecular formula is C25H36N2O5. The van der Waals surface area contributed by atoms with Crippen LogP contribution in [0.2, 0.25) is 0 Å². The van der Waals surface area contributed by atoms with Crippen LogP contribution in [-0.2, 0) is 19.8 Å². The third kappa shape index (κ3) is 7.19. The number of carboxylic acids is 1. The monoisotopic (exact) mass is 444 g/mol. The smallest absolute Gasteiger partial charge is 0.326 e. The van der Waals surface area contributed by atoms with Crippen LogP contribution in [-0.4, -0.2) is 54.0 Å². The molecular weight excluding hydrogens is 408 g/mol. The van der Waals surface area contributed by atoms with Crippen LogP contribution in [0.25, 0.3) is 0 Å². The maximum Gasteiger partial charge on any atom is 0.326 e. The van der Waals surface area contributed by atoms with Crippen molar-refractivity contribution in [2.24, 2.45) is 5.92 Å². The highest BCUT2D eigenvalue weighted by Gasteiger charge is 2.33. The van der Waals surface area contributed by atoms with Gasteiger partial charge in [0.2, 0.25) is 5.91 Å². The molecule has 1 aromatic carbocycles. The normalized spacial score (nSPS) is 20.7. The molecule has 0 spiro atoms. The number of rotatable bonds is 9. The van der Waals surface area contributed by atoms with Gasteiger partial charge in [-0.05, 0) is 62.5 Å². The molecule has 2 N–H and O–H groups in total. The number of carbonyl (C=O) groups excluding carboxylic acids is 2. The minimum absolute atomic E-state index is 0.0444. The summed E-state index contributed by atoms with van der Waals surface area (Å²) in [6, 6.07) is 6.77. The van der Waals surface area contributed by atoms with Crippen LogP contribution in [0.5, 0.6) is 5.75 Å². The van der Waals surface area contributed by atoms with Gasteiger partial charge < -0.3 is 20.1 Å². The largest absolute Gasteiger partial charge is 0.480 e. The van der Waals surface area contributed by atoms with Crippen molar-refractivity contribution in [3.05, 3.63) is 42.0 Å². The predicted molar refractivity (Wildman–Crippen MR) is 124 cm³/mol. The SMILES string of the molecule is CCC1(c2cccc(OC(=O)C/C=C/C(=O)N[C@H](C(=O)O)C(C)C)c2)CCCCN(C)C1. The van der Waals surface area contributed by atoms with E-state index in [0.29, 0.717) is 5.75 Å². The van der Waals surface area contributed by atoms with Crippen molar-refractivity contribution in [2.45, 2.75) is 64.3 Å². The topological polar surface area (TPSA) is 95.9 Å². The fourth-order valence-corrected chi connectivity index (χ4v) is 4.29. The summed E-state index contributed by atoms with van der Waals surface area (Å²) in [5.74, 6) is -1.88. The van der Waals surface area contributed by atoms with E-state index in [4.69, 9.17) is 9.84 Å². The number of benzene rings is 1. The van der Waals surface area contributed by atoms with Gasteiger partial charge in [-0.25, -0.2) is 4.79 Å². The molecule has 0 aliphatic carbocycles. The van der Waals surface area contributed by atoms with Crippen molar-refractivity contribution < 1.29 is 24.2 Å². The van der Waals surface area contributed by atoms with Crippen molar-refractivity contribution in [3.8, 4) is 5.75 Å². The van der Waals surface area contributed by atoms with Gasteiger partial charge in [-0.2, -0.15) is 0 Å². The lowest BCUT2D eigenvalue weighted by molar-refractivity contribution is -0.142. The molecule has 1 aliphatic rings. The summed E-state index contributed by atoms with van der Waals surface area (Å²) in [7, 11) is 2.15. The summed E-state index contributed by atoms with van der Waals surface area (Å²) >= 11 is 0. The number of likely N-dealkylation sites (N-methyl/N-ethyl adjacent to an activating group) is 1. The number of ether oxygens (including phenoxy) is 1. The Balaban J connectivity index is 1.98. The van der Waals surface area contributed by atoms with Gasteiger partial charge in [-0.15, -0.1) is 0 Å². The van der Waals surface area contributed by atoms with Crippen LogP contribution in [0.3, 0.4) is 0 Å². The average Bonchev–Trinajstić information content (AvgIpc) is 2.93. The first-order chi connectivity index (χ1) is 15.2. The van der Waals surface area contributed by atoms with Crippen LogP contribution in [0.15, 0.2) is 36.4 Å². The van der Waals surface area contributed by atoms with Gasteiger partial charge in [0, 0.05) is 12.0 Å². The van der Waals surface area contributed by atoms with Crippen molar-refractivity contribution in [1.29, 1.82) is 0 Å². The lowest BCUT2D eigenvalue weighted by Gasteiger charge is -2.35. The Morgan fingerprint density at radius 2 is 2.03 bits per heavy atom. The summed E-state index contributed by atoms with van der Waals surface area (Å²) in [4.78, 5) is 37.7. The summed E-state index contributed by atoms with van der Waals surface area (Å²) in [5.41, 5.74) is 1.23. The predicted octanol–water partition coefficient (Wildman–Crippen LogP) is 3.53. The third-order valence-corrected chi connectivity index (χ3v) is 6.16. The maximum atomic E-state index is 12.3. The number of hydrogen-bond donors (Lipinski definition) is 2. The van der Waals surface area contributed by atoms with E-state index in [0.717, 1.165) is 25.9 Å². The number of likely N-dealkylation sites (tertiary alicyclic amines) is 1. The fourth-order valence-electron chi connectivity index (χ4n) is 4.29. The molecule has 2 atom stereocenters.